The highest BCUT2D eigenvalue weighted by Gasteiger charge is 2.11. The summed E-state index contributed by atoms with van der Waals surface area (Å²) in [5.41, 5.74) is 0.994. The predicted octanol–water partition coefficient (Wildman–Crippen LogP) is 2.85. The molecule has 0 unspecified atom stereocenters. The summed E-state index contributed by atoms with van der Waals surface area (Å²) in [4.78, 5) is 0.0754. The van der Waals surface area contributed by atoms with Gasteiger partial charge in [-0.15, -0.1) is 0 Å². The molecule has 0 aromatic heterocycles. The Morgan fingerprint density at radius 1 is 1.19 bits per heavy atom. The molecular formula is C15H16FNO3S. The number of methoxy groups -OCH3 is 1. The first-order valence-corrected chi connectivity index (χ1v) is 8.16. The van der Waals surface area contributed by atoms with Crippen LogP contribution in [0.25, 0.3) is 0 Å². The van der Waals surface area contributed by atoms with Crippen LogP contribution in [0.2, 0.25) is 0 Å². The smallest absolute Gasteiger partial charge is 0.175 e. The van der Waals surface area contributed by atoms with Gasteiger partial charge in [0.2, 0.25) is 0 Å². The fourth-order valence-electron chi connectivity index (χ4n) is 1.91. The molecule has 0 amide bonds. The van der Waals surface area contributed by atoms with E-state index in [9.17, 15) is 12.8 Å². The van der Waals surface area contributed by atoms with Gasteiger partial charge in [0.1, 0.15) is 11.6 Å². The van der Waals surface area contributed by atoms with Gasteiger partial charge < -0.3 is 10.1 Å². The third-order valence-electron chi connectivity index (χ3n) is 3.03. The van der Waals surface area contributed by atoms with Crippen molar-refractivity contribution < 1.29 is 17.5 Å². The van der Waals surface area contributed by atoms with E-state index in [-0.39, 0.29) is 10.6 Å². The summed E-state index contributed by atoms with van der Waals surface area (Å²) >= 11 is 0. The molecule has 2 aromatic carbocycles. The Labute approximate surface area is 123 Å². The van der Waals surface area contributed by atoms with E-state index in [1.54, 1.807) is 13.2 Å². The third kappa shape index (κ3) is 3.72. The molecule has 0 atom stereocenters. The second-order valence-corrected chi connectivity index (χ2v) is 6.59. The highest BCUT2D eigenvalue weighted by Crippen LogP contribution is 2.22. The zero-order chi connectivity index (χ0) is 15.5. The maximum absolute atomic E-state index is 13.8. The van der Waals surface area contributed by atoms with E-state index in [2.05, 4.69) is 5.32 Å². The molecule has 0 saturated heterocycles. The SMILES string of the molecule is COc1ccccc1CNc1cc(S(C)(=O)=O)ccc1F. The summed E-state index contributed by atoms with van der Waals surface area (Å²) < 4.78 is 42.0. The molecule has 21 heavy (non-hydrogen) atoms. The van der Waals surface area contributed by atoms with E-state index in [4.69, 9.17) is 4.74 Å². The molecule has 0 saturated carbocycles. The maximum Gasteiger partial charge on any atom is 0.175 e. The van der Waals surface area contributed by atoms with Gasteiger partial charge in [-0.05, 0) is 24.3 Å². The second-order valence-electron chi connectivity index (χ2n) is 4.58. The molecular weight excluding hydrogens is 293 g/mol. The van der Waals surface area contributed by atoms with Crippen LogP contribution in [0.4, 0.5) is 10.1 Å². The van der Waals surface area contributed by atoms with Crippen molar-refractivity contribution in [2.75, 3.05) is 18.7 Å². The molecule has 4 nitrogen and oxygen atoms in total. The van der Waals surface area contributed by atoms with Crippen LogP contribution in [0.15, 0.2) is 47.4 Å². The van der Waals surface area contributed by atoms with Crippen LogP contribution in [0, 0.1) is 5.82 Å². The largest absolute Gasteiger partial charge is 0.496 e. The lowest BCUT2D eigenvalue weighted by Crippen LogP contribution is -2.05. The van der Waals surface area contributed by atoms with Gasteiger partial charge >= 0.3 is 0 Å². The van der Waals surface area contributed by atoms with E-state index in [1.165, 1.54) is 12.1 Å². The molecule has 0 aliphatic rings. The summed E-state index contributed by atoms with van der Waals surface area (Å²) in [6.45, 7) is 0.328. The number of ether oxygens (including phenoxy) is 1. The summed E-state index contributed by atoms with van der Waals surface area (Å²) in [7, 11) is -1.81. The molecule has 112 valence electrons. The van der Waals surface area contributed by atoms with Crippen molar-refractivity contribution in [2.24, 2.45) is 0 Å². The predicted molar refractivity (Wildman–Crippen MR) is 79.8 cm³/mol. The number of nitrogens with one attached hydrogen (secondary N) is 1. The molecule has 0 heterocycles. The minimum absolute atomic E-state index is 0.0754. The Bertz CT molecular complexity index is 744. The van der Waals surface area contributed by atoms with Gasteiger partial charge in [-0.3, -0.25) is 0 Å². The number of hydrogen-bond donors (Lipinski definition) is 1. The summed E-state index contributed by atoms with van der Waals surface area (Å²) in [5, 5.41) is 2.90. The Balaban J connectivity index is 2.24. The first-order chi connectivity index (χ1) is 9.91. The van der Waals surface area contributed by atoms with E-state index < -0.39 is 15.7 Å². The van der Waals surface area contributed by atoms with Crippen molar-refractivity contribution >= 4 is 15.5 Å². The third-order valence-corrected chi connectivity index (χ3v) is 4.14. The molecule has 0 radical (unpaired) electrons. The molecule has 2 aromatic rings. The average molecular weight is 309 g/mol. The zero-order valence-corrected chi connectivity index (χ0v) is 12.6. The first-order valence-electron chi connectivity index (χ1n) is 6.27. The first kappa shape index (κ1) is 15.3. The van der Waals surface area contributed by atoms with Gasteiger partial charge in [0.25, 0.3) is 0 Å². The van der Waals surface area contributed by atoms with E-state index in [0.717, 1.165) is 17.9 Å². The summed E-state index contributed by atoms with van der Waals surface area (Å²) in [6, 6.07) is 11.0. The topological polar surface area (TPSA) is 55.4 Å². The molecule has 6 heteroatoms. The molecule has 0 fully saturated rings. The highest BCUT2D eigenvalue weighted by atomic mass is 32.2. The lowest BCUT2D eigenvalue weighted by atomic mass is 10.2. The summed E-state index contributed by atoms with van der Waals surface area (Å²) in [5.74, 6) is 0.182. The van der Waals surface area contributed by atoms with Crippen LogP contribution in [-0.2, 0) is 16.4 Å². The Morgan fingerprint density at radius 2 is 1.90 bits per heavy atom. The van der Waals surface area contributed by atoms with Gasteiger partial charge in [0.15, 0.2) is 9.84 Å². The van der Waals surface area contributed by atoms with Gasteiger partial charge in [-0.25, -0.2) is 12.8 Å². The number of hydrogen-bond acceptors (Lipinski definition) is 4. The molecule has 0 aliphatic heterocycles. The monoisotopic (exact) mass is 309 g/mol. The van der Waals surface area contributed by atoms with Crippen molar-refractivity contribution in [3.8, 4) is 5.75 Å². The standard InChI is InChI=1S/C15H16FNO3S/c1-20-15-6-4-3-5-11(15)10-17-14-9-12(21(2,18)19)7-8-13(14)16/h3-9,17H,10H2,1-2H3. The molecule has 1 N–H and O–H groups in total. The Hall–Kier alpha value is -2.08. The maximum atomic E-state index is 13.8. The fraction of sp³-hybridized carbons (Fsp3) is 0.200. The van der Waals surface area contributed by atoms with Crippen molar-refractivity contribution in [1.82, 2.24) is 0 Å². The van der Waals surface area contributed by atoms with E-state index in [1.807, 2.05) is 18.2 Å². The van der Waals surface area contributed by atoms with Crippen LogP contribution >= 0.6 is 0 Å². The van der Waals surface area contributed by atoms with Crippen molar-refractivity contribution in [3.63, 3.8) is 0 Å². The van der Waals surface area contributed by atoms with Crippen molar-refractivity contribution in [2.45, 2.75) is 11.4 Å². The average Bonchev–Trinajstić information content (AvgIpc) is 2.45. The quantitative estimate of drug-likeness (QED) is 0.863. The number of sulfone groups is 1. The number of anilines is 1. The van der Waals surface area contributed by atoms with Gasteiger partial charge in [0.05, 0.1) is 17.7 Å². The van der Waals surface area contributed by atoms with Crippen LogP contribution in [0.3, 0.4) is 0 Å². The second kappa shape index (κ2) is 6.13. The number of rotatable bonds is 5. The van der Waals surface area contributed by atoms with Crippen molar-refractivity contribution in [1.29, 1.82) is 0 Å². The van der Waals surface area contributed by atoms with Crippen molar-refractivity contribution in [3.05, 3.63) is 53.8 Å². The van der Waals surface area contributed by atoms with Crippen LogP contribution in [0.1, 0.15) is 5.56 Å². The van der Waals surface area contributed by atoms with E-state index >= 15 is 0 Å². The zero-order valence-electron chi connectivity index (χ0n) is 11.8. The molecule has 2 rings (SSSR count). The lowest BCUT2D eigenvalue weighted by molar-refractivity contribution is 0.410. The Morgan fingerprint density at radius 3 is 2.57 bits per heavy atom. The van der Waals surface area contributed by atoms with Crippen LogP contribution < -0.4 is 10.1 Å². The van der Waals surface area contributed by atoms with Gasteiger partial charge in [-0.2, -0.15) is 0 Å². The highest BCUT2D eigenvalue weighted by molar-refractivity contribution is 7.90. The lowest BCUT2D eigenvalue weighted by Gasteiger charge is -2.12. The Kier molecular flexibility index (Phi) is 4.47. The fourth-order valence-corrected chi connectivity index (χ4v) is 2.56. The molecule has 0 bridgehead atoms. The molecule has 0 spiro atoms. The summed E-state index contributed by atoms with van der Waals surface area (Å²) in [6.07, 6.45) is 1.09. The minimum atomic E-state index is -3.37. The van der Waals surface area contributed by atoms with Crippen LogP contribution in [-0.4, -0.2) is 21.8 Å². The normalized spacial score (nSPS) is 11.2. The van der Waals surface area contributed by atoms with Gasteiger partial charge in [0, 0.05) is 18.4 Å². The number of halogens is 1. The number of para-hydroxylation sites is 1. The van der Waals surface area contributed by atoms with E-state index in [0.29, 0.717) is 12.3 Å². The molecule has 0 aliphatic carbocycles. The van der Waals surface area contributed by atoms with Crippen LogP contribution in [0.5, 0.6) is 5.75 Å². The number of benzene rings is 2. The minimum Gasteiger partial charge on any atom is -0.496 e. The van der Waals surface area contributed by atoms with Gasteiger partial charge in [-0.1, -0.05) is 18.2 Å².